The number of para-hydroxylation sites is 1. The Labute approximate surface area is 167 Å². The molecule has 1 aromatic heterocycles. The standard InChI is InChI=1S/C23H29N3O2/c1-16-12-22(27-5)23(28-6)13-19(16)14-25(4)15-21-17(2)24-26(18(21)3)20-10-8-7-9-11-20/h7-13H,14-15H2,1-6H3. The summed E-state index contributed by atoms with van der Waals surface area (Å²) < 4.78 is 12.9. The van der Waals surface area contributed by atoms with Crippen LogP contribution < -0.4 is 9.47 Å². The average molecular weight is 380 g/mol. The second kappa shape index (κ2) is 8.48. The highest BCUT2D eigenvalue weighted by Crippen LogP contribution is 2.31. The molecule has 0 unspecified atom stereocenters. The molecule has 5 nitrogen and oxygen atoms in total. The van der Waals surface area contributed by atoms with Crippen molar-refractivity contribution in [3.05, 3.63) is 70.5 Å². The molecule has 0 aliphatic rings. The Morgan fingerprint density at radius 1 is 0.929 bits per heavy atom. The summed E-state index contributed by atoms with van der Waals surface area (Å²) in [5.41, 5.74) is 7.03. The Kier molecular flexibility index (Phi) is 6.05. The maximum absolute atomic E-state index is 5.47. The van der Waals surface area contributed by atoms with E-state index < -0.39 is 0 Å². The quantitative estimate of drug-likeness (QED) is 0.608. The van der Waals surface area contributed by atoms with Gasteiger partial charge in [0.15, 0.2) is 11.5 Å². The SMILES string of the molecule is COc1cc(C)c(CN(C)Cc2c(C)nn(-c3ccccc3)c2C)cc1OC. The van der Waals surface area contributed by atoms with Crippen molar-refractivity contribution in [2.45, 2.75) is 33.9 Å². The molecule has 0 N–H and O–H groups in total. The van der Waals surface area contributed by atoms with Crippen molar-refractivity contribution in [1.29, 1.82) is 0 Å². The molecule has 0 aliphatic heterocycles. The van der Waals surface area contributed by atoms with Gasteiger partial charge < -0.3 is 9.47 Å². The summed E-state index contributed by atoms with van der Waals surface area (Å²) in [6.07, 6.45) is 0. The predicted molar refractivity (Wildman–Crippen MR) is 112 cm³/mol. The molecule has 0 amide bonds. The number of nitrogens with zero attached hydrogens (tertiary/aromatic N) is 3. The van der Waals surface area contributed by atoms with Crippen LogP contribution in [0.4, 0.5) is 0 Å². The summed E-state index contributed by atoms with van der Waals surface area (Å²) in [5, 5.41) is 4.76. The molecular weight excluding hydrogens is 350 g/mol. The molecule has 148 valence electrons. The molecule has 0 bridgehead atoms. The number of ether oxygens (including phenoxy) is 2. The Balaban J connectivity index is 1.81. The van der Waals surface area contributed by atoms with Gasteiger partial charge in [0.1, 0.15) is 0 Å². The second-order valence-corrected chi connectivity index (χ2v) is 7.20. The summed E-state index contributed by atoms with van der Waals surface area (Å²) in [4.78, 5) is 2.31. The maximum atomic E-state index is 5.47. The van der Waals surface area contributed by atoms with Crippen LogP contribution in [0.5, 0.6) is 11.5 Å². The summed E-state index contributed by atoms with van der Waals surface area (Å²) >= 11 is 0. The number of hydrogen-bond donors (Lipinski definition) is 0. The van der Waals surface area contributed by atoms with Crippen LogP contribution in [0.1, 0.15) is 28.1 Å². The molecule has 5 heteroatoms. The van der Waals surface area contributed by atoms with Crippen LogP contribution in [0.2, 0.25) is 0 Å². The van der Waals surface area contributed by atoms with Crippen LogP contribution >= 0.6 is 0 Å². The third-order valence-corrected chi connectivity index (χ3v) is 5.15. The van der Waals surface area contributed by atoms with Gasteiger partial charge in [-0.05, 0) is 63.2 Å². The lowest BCUT2D eigenvalue weighted by Gasteiger charge is -2.20. The van der Waals surface area contributed by atoms with Gasteiger partial charge in [0.2, 0.25) is 0 Å². The van der Waals surface area contributed by atoms with Gasteiger partial charge in [-0.2, -0.15) is 5.10 Å². The number of aromatic nitrogens is 2. The van der Waals surface area contributed by atoms with Gasteiger partial charge in [-0.25, -0.2) is 4.68 Å². The third kappa shape index (κ3) is 4.04. The first-order chi connectivity index (χ1) is 13.4. The smallest absolute Gasteiger partial charge is 0.161 e. The second-order valence-electron chi connectivity index (χ2n) is 7.20. The molecule has 28 heavy (non-hydrogen) atoms. The minimum Gasteiger partial charge on any atom is -0.493 e. The van der Waals surface area contributed by atoms with Crippen LogP contribution in [0.15, 0.2) is 42.5 Å². The van der Waals surface area contributed by atoms with E-state index in [1.807, 2.05) is 28.9 Å². The number of hydrogen-bond acceptors (Lipinski definition) is 4. The van der Waals surface area contributed by atoms with Gasteiger partial charge in [-0.15, -0.1) is 0 Å². The molecular formula is C23H29N3O2. The Hall–Kier alpha value is -2.79. The van der Waals surface area contributed by atoms with Gasteiger partial charge in [0, 0.05) is 24.3 Å². The summed E-state index contributed by atoms with van der Waals surface area (Å²) in [7, 11) is 5.47. The zero-order chi connectivity index (χ0) is 20.3. The van der Waals surface area contributed by atoms with Gasteiger partial charge >= 0.3 is 0 Å². The number of methoxy groups -OCH3 is 2. The number of benzene rings is 2. The van der Waals surface area contributed by atoms with Crippen molar-refractivity contribution >= 4 is 0 Å². The zero-order valence-corrected chi connectivity index (χ0v) is 17.6. The van der Waals surface area contributed by atoms with E-state index in [0.29, 0.717) is 0 Å². The monoisotopic (exact) mass is 379 g/mol. The molecule has 0 radical (unpaired) electrons. The third-order valence-electron chi connectivity index (χ3n) is 5.15. The molecule has 2 aromatic carbocycles. The minimum atomic E-state index is 0.765. The molecule has 1 heterocycles. The molecule has 0 atom stereocenters. The maximum Gasteiger partial charge on any atom is 0.161 e. The van der Waals surface area contributed by atoms with E-state index in [0.717, 1.165) is 36.0 Å². The van der Waals surface area contributed by atoms with Crippen LogP contribution in [0, 0.1) is 20.8 Å². The summed E-state index contributed by atoms with van der Waals surface area (Å²) in [6.45, 7) is 7.98. The van der Waals surface area contributed by atoms with Crippen molar-refractivity contribution in [3.63, 3.8) is 0 Å². The highest BCUT2D eigenvalue weighted by atomic mass is 16.5. The van der Waals surface area contributed by atoms with E-state index in [2.05, 4.69) is 50.9 Å². The van der Waals surface area contributed by atoms with Gasteiger partial charge in [0.25, 0.3) is 0 Å². The van der Waals surface area contributed by atoms with Crippen molar-refractivity contribution in [2.75, 3.05) is 21.3 Å². The number of aryl methyl sites for hydroxylation is 2. The Bertz CT molecular complexity index is 948. The predicted octanol–water partition coefficient (Wildman–Crippen LogP) is 4.45. The lowest BCUT2D eigenvalue weighted by molar-refractivity contribution is 0.314. The highest BCUT2D eigenvalue weighted by Gasteiger charge is 2.16. The van der Waals surface area contributed by atoms with E-state index in [1.54, 1.807) is 14.2 Å². The fraction of sp³-hybridized carbons (Fsp3) is 0.348. The van der Waals surface area contributed by atoms with Gasteiger partial charge in [-0.3, -0.25) is 4.90 Å². The first kappa shape index (κ1) is 20.0. The zero-order valence-electron chi connectivity index (χ0n) is 17.6. The Morgan fingerprint density at radius 2 is 1.57 bits per heavy atom. The normalized spacial score (nSPS) is 11.1. The van der Waals surface area contributed by atoms with E-state index in [-0.39, 0.29) is 0 Å². The summed E-state index contributed by atoms with van der Waals surface area (Å²) in [5.74, 6) is 1.53. The van der Waals surface area contributed by atoms with Crippen molar-refractivity contribution in [3.8, 4) is 17.2 Å². The number of rotatable bonds is 7. The molecule has 3 aromatic rings. The van der Waals surface area contributed by atoms with Gasteiger partial charge in [0.05, 0.1) is 25.6 Å². The minimum absolute atomic E-state index is 0.765. The topological polar surface area (TPSA) is 39.5 Å². The van der Waals surface area contributed by atoms with Crippen molar-refractivity contribution < 1.29 is 9.47 Å². The fourth-order valence-corrected chi connectivity index (χ4v) is 3.53. The van der Waals surface area contributed by atoms with E-state index in [1.165, 1.54) is 22.4 Å². The molecule has 0 fully saturated rings. The first-order valence-corrected chi connectivity index (χ1v) is 9.45. The fourth-order valence-electron chi connectivity index (χ4n) is 3.53. The Morgan fingerprint density at radius 3 is 2.21 bits per heavy atom. The molecule has 0 aliphatic carbocycles. The first-order valence-electron chi connectivity index (χ1n) is 9.45. The summed E-state index contributed by atoms with van der Waals surface area (Å²) in [6, 6.07) is 14.4. The molecule has 0 spiro atoms. The van der Waals surface area contributed by atoms with Crippen LogP contribution in [0.25, 0.3) is 5.69 Å². The van der Waals surface area contributed by atoms with Crippen molar-refractivity contribution in [1.82, 2.24) is 14.7 Å². The van der Waals surface area contributed by atoms with Crippen LogP contribution in [-0.4, -0.2) is 35.9 Å². The highest BCUT2D eigenvalue weighted by molar-refractivity contribution is 5.47. The molecule has 0 saturated heterocycles. The van der Waals surface area contributed by atoms with Crippen LogP contribution in [-0.2, 0) is 13.1 Å². The van der Waals surface area contributed by atoms with E-state index >= 15 is 0 Å². The van der Waals surface area contributed by atoms with E-state index in [4.69, 9.17) is 14.6 Å². The lowest BCUT2D eigenvalue weighted by atomic mass is 10.1. The van der Waals surface area contributed by atoms with E-state index in [9.17, 15) is 0 Å². The van der Waals surface area contributed by atoms with Crippen LogP contribution in [0.3, 0.4) is 0 Å². The average Bonchev–Trinajstić information content (AvgIpc) is 2.98. The molecule has 3 rings (SSSR count). The molecule has 0 saturated carbocycles. The largest absolute Gasteiger partial charge is 0.493 e. The van der Waals surface area contributed by atoms with Gasteiger partial charge in [-0.1, -0.05) is 18.2 Å². The lowest BCUT2D eigenvalue weighted by Crippen LogP contribution is -2.19. The van der Waals surface area contributed by atoms with Crippen molar-refractivity contribution in [2.24, 2.45) is 0 Å².